The molecular weight excluding hydrogens is 264 g/mol. The molecule has 0 saturated carbocycles. The number of esters is 1. The van der Waals surface area contributed by atoms with Gasteiger partial charge in [-0.3, -0.25) is 4.79 Å². The van der Waals surface area contributed by atoms with Crippen LogP contribution < -0.4 is 0 Å². The Morgan fingerprint density at radius 2 is 2.19 bits per heavy atom. The molecule has 0 aromatic heterocycles. The minimum absolute atomic E-state index is 0.00721. The minimum Gasteiger partial charge on any atom is -0.453 e. The van der Waals surface area contributed by atoms with Crippen molar-refractivity contribution < 1.29 is 9.53 Å². The Labute approximate surface area is 125 Å². The van der Waals surface area contributed by atoms with Crippen LogP contribution in [0.4, 0.5) is 0 Å². The van der Waals surface area contributed by atoms with Crippen molar-refractivity contribution in [1.82, 2.24) is 0 Å². The number of hydrogen-bond donors (Lipinski definition) is 0. The lowest BCUT2D eigenvalue weighted by molar-refractivity contribution is -0.139. The van der Waals surface area contributed by atoms with Crippen molar-refractivity contribution in [2.75, 3.05) is 6.61 Å². The van der Waals surface area contributed by atoms with E-state index in [9.17, 15) is 4.79 Å². The van der Waals surface area contributed by atoms with Crippen LogP contribution in [0.5, 0.6) is 0 Å². The molecule has 4 nitrogen and oxygen atoms in total. The summed E-state index contributed by atoms with van der Waals surface area (Å²) in [6, 6.07) is 0. The first-order chi connectivity index (χ1) is 10.1. The number of rotatable bonds is 3. The van der Waals surface area contributed by atoms with Gasteiger partial charge in [-0.1, -0.05) is 30.1 Å². The monoisotopic (exact) mass is 280 g/mol. The molecule has 2 aliphatic rings. The molecule has 0 radical (unpaired) electrons. The van der Waals surface area contributed by atoms with Crippen LogP contribution in [0.3, 0.4) is 0 Å². The molecule has 2 atom stereocenters. The summed E-state index contributed by atoms with van der Waals surface area (Å²) in [5.74, 6) is 5.93. The predicted octanol–water partition coefficient (Wildman–Crippen LogP) is 3.00. The highest BCUT2D eigenvalue weighted by Crippen LogP contribution is 2.42. The molecule has 2 unspecified atom stereocenters. The molecule has 2 bridgehead atoms. The summed E-state index contributed by atoms with van der Waals surface area (Å²) in [6.45, 7) is 16.2. The molecule has 0 aromatic rings. The first-order valence-corrected chi connectivity index (χ1v) is 6.85. The van der Waals surface area contributed by atoms with Gasteiger partial charge in [0.15, 0.2) is 13.0 Å². The standard InChI is InChI=1S/C17H16N2O2/c1-13(20)21-9-5-4-8-17(18-2,19-3)16-11-14-6-7-15(10-14)12-16/h6-7,11,14-15H,8-10,12H2,1H3. The first-order valence-electron chi connectivity index (χ1n) is 6.85. The molecule has 0 aliphatic heterocycles. The van der Waals surface area contributed by atoms with E-state index < -0.39 is 5.66 Å². The van der Waals surface area contributed by atoms with Gasteiger partial charge in [-0.05, 0) is 24.7 Å². The van der Waals surface area contributed by atoms with Crippen molar-refractivity contribution >= 4 is 5.97 Å². The summed E-state index contributed by atoms with van der Waals surface area (Å²) in [6.07, 6.45) is 8.41. The molecule has 0 aromatic carbocycles. The van der Waals surface area contributed by atoms with Crippen molar-refractivity contribution in [3.63, 3.8) is 0 Å². The van der Waals surface area contributed by atoms with E-state index in [-0.39, 0.29) is 19.0 Å². The second-order valence-corrected chi connectivity index (χ2v) is 5.29. The molecule has 106 valence electrons. The van der Waals surface area contributed by atoms with Gasteiger partial charge in [0.25, 0.3) is 0 Å². The van der Waals surface area contributed by atoms with Gasteiger partial charge in [0.05, 0.1) is 0 Å². The summed E-state index contributed by atoms with van der Waals surface area (Å²) < 4.78 is 4.72. The third-order valence-electron chi connectivity index (χ3n) is 3.79. The maximum absolute atomic E-state index is 10.6. The van der Waals surface area contributed by atoms with Gasteiger partial charge >= 0.3 is 11.6 Å². The number of allylic oxidation sites excluding steroid dienone is 3. The van der Waals surface area contributed by atoms with Gasteiger partial charge in [0.2, 0.25) is 0 Å². The average Bonchev–Trinajstić information content (AvgIpc) is 2.81. The maximum atomic E-state index is 10.6. The highest BCUT2D eigenvalue weighted by atomic mass is 16.5. The van der Waals surface area contributed by atoms with Crippen LogP contribution in [0.25, 0.3) is 9.69 Å². The Balaban J connectivity index is 2.09. The van der Waals surface area contributed by atoms with E-state index in [0.29, 0.717) is 11.8 Å². The molecule has 0 fully saturated rings. The van der Waals surface area contributed by atoms with Crippen LogP contribution in [-0.2, 0) is 9.53 Å². The Hall–Kier alpha value is -2.51. The van der Waals surface area contributed by atoms with Crippen LogP contribution in [-0.4, -0.2) is 18.2 Å². The zero-order valence-electron chi connectivity index (χ0n) is 11.9. The minimum atomic E-state index is -1.22. The molecule has 0 spiro atoms. The van der Waals surface area contributed by atoms with Gasteiger partial charge in [0.1, 0.15) is 5.57 Å². The smallest absolute Gasteiger partial charge is 0.453 e. The number of fused-ring (bicyclic) bond motifs is 2. The number of hydrogen-bond acceptors (Lipinski definition) is 2. The molecule has 0 saturated heterocycles. The van der Waals surface area contributed by atoms with E-state index in [4.69, 9.17) is 17.9 Å². The van der Waals surface area contributed by atoms with Crippen molar-refractivity contribution in [3.8, 4) is 11.8 Å². The number of carbonyl (C=O) groups is 1. The Kier molecular flexibility index (Phi) is 4.46. The Morgan fingerprint density at radius 1 is 1.43 bits per heavy atom. The predicted molar refractivity (Wildman–Crippen MR) is 78.4 cm³/mol. The van der Waals surface area contributed by atoms with Crippen molar-refractivity contribution in [3.05, 3.63) is 46.6 Å². The summed E-state index contributed by atoms with van der Waals surface area (Å²) in [5, 5.41) is 0. The highest BCUT2D eigenvalue weighted by Gasteiger charge is 2.49. The fourth-order valence-electron chi connectivity index (χ4n) is 2.72. The fraction of sp³-hybridized carbons (Fsp3) is 0.471. The van der Waals surface area contributed by atoms with Gasteiger partial charge in [-0.15, -0.1) is 0 Å². The summed E-state index contributed by atoms with van der Waals surface area (Å²) >= 11 is 0. The third kappa shape index (κ3) is 3.33. The van der Waals surface area contributed by atoms with E-state index in [1.807, 2.05) is 0 Å². The lowest BCUT2D eigenvalue weighted by Crippen LogP contribution is -2.26. The van der Waals surface area contributed by atoms with E-state index in [2.05, 4.69) is 39.8 Å². The van der Waals surface area contributed by atoms with Gasteiger partial charge < -0.3 is 4.74 Å². The first kappa shape index (κ1) is 14.9. The summed E-state index contributed by atoms with van der Waals surface area (Å²) in [4.78, 5) is 17.8. The molecule has 4 heteroatoms. The maximum Gasteiger partial charge on any atom is 0.516 e. The zero-order chi connectivity index (χ0) is 15.3. The van der Waals surface area contributed by atoms with E-state index >= 15 is 0 Å². The molecule has 21 heavy (non-hydrogen) atoms. The number of nitrogens with zero attached hydrogens (tertiary/aromatic N) is 2. The molecule has 2 aliphatic carbocycles. The van der Waals surface area contributed by atoms with E-state index in [1.165, 1.54) is 6.92 Å². The molecule has 0 N–H and O–H groups in total. The van der Waals surface area contributed by atoms with Crippen LogP contribution in [0, 0.1) is 36.8 Å². The number of ether oxygens (including phenoxy) is 1. The second-order valence-electron chi connectivity index (χ2n) is 5.29. The largest absolute Gasteiger partial charge is 0.516 e. The van der Waals surface area contributed by atoms with Crippen LogP contribution in [0.2, 0.25) is 0 Å². The second kappa shape index (κ2) is 6.29. The van der Waals surface area contributed by atoms with Crippen molar-refractivity contribution in [2.45, 2.75) is 31.8 Å². The van der Waals surface area contributed by atoms with Crippen LogP contribution >= 0.6 is 0 Å². The van der Waals surface area contributed by atoms with Crippen molar-refractivity contribution in [1.29, 1.82) is 0 Å². The molecule has 2 rings (SSSR count). The molecule has 0 heterocycles. The van der Waals surface area contributed by atoms with Gasteiger partial charge in [-0.25, -0.2) is 22.8 Å². The van der Waals surface area contributed by atoms with E-state index in [1.54, 1.807) is 0 Å². The van der Waals surface area contributed by atoms with Gasteiger partial charge in [-0.2, -0.15) is 0 Å². The summed E-state index contributed by atoms with van der Waals surface area (Å²) in [7, 11) is 0. The fourth-order valence-corrected chi connectivity index (χ4v) is 2.72. The molecule has 0 amide bonds. The van der Waals surface area contributed by atoms with Gasteiger partial charge in [0, 0.05) is 6.92 Å². The van der Waals surface area contributed by atoms with Crippen molar-refractivity contribution in [2.24, 2.45) is 11.8 Å². The Morgan fingerprint density at radius 3 is 2.81 bits per heavy atom. The average molecular weight is 280 g/mol. The SMILES string of the molecule is [C-]#[N+]C(CC#CCOC(C)=O)([N+]#[C-])C1=CC2C=CC(C1)C2. The molecular formula is C17H16N2O2. The Bertz CT molecular complexity index is 620. The van der Waals surface area contributed by atoms with Crippen LogP contribution in [0.15, 0.2) is 23.8 Å². The lowest BCUT2D eigenvalue weighted by Gasteiger charge is -2.20. The summed E-state index contributed by atoms with van der Waals surface area (Å²) in [5.41, 5.74) is -0.327. The highest BCUT2D eigenvalue weighted by molar-refractivity contribution is 5.66. The van der Waals surface area contributed by atoms with E-state index in [0.717, 1.165) is 18.4 Å². The topological polar surface area (TPSA) is 35.0 Å². The lowest BCUT2D eigenvalue weighted by atomic mass is 9.81. The normalized spacial score (nSPS) is 22.3. The quantitative estimate of drug-likeness (QED) is 0.345. The number of carbonyl (C=O) groups excluding carboxylic acids is 1. The third-order valence-corrected chi connectivity index (χ3v) is 3.79. The van der Waals surface area contributed by atoms with Crippen LogP contribution in [0.1, 0.15) is 26.2 Å². The zero-order valence-corrected chi connectivity index (χ0v) is 11.9.